The molecule has 0 aliphatic carbocycles. The quantitative estimate of drug-likeness (QED) is 0.816. The summed E-state index contributed by atoms with van der Waals surface area (Å²) in [7, 11) is 0. The molecule has 9 heteroatoms. The van der Waals surface area contributed by atoms with Crippen LogP contribution in [-0.4, -0.2) is 41.1 Å². The van der Waals surface area contributed by atoms with E-state index in [9.17, 15) is 13.2 Å². The van der Waals surface area contributed by atoms with Gasteiger partial charge in [-0.1, -0.05) is 0 Å². The molecule has 6 nitrogen and oxygen atoms in total. The van der Waals surface area contributed by atoms with Gasteiger partial charge in [-0.3, -0.25) is 4.98 Å². The fourth-order valence-corrected chi connectivity index (χ4v) is 3.83. The maximum absolute atomic E-state index is 13.0. The highest BCUT2D eigenvalue weighted by atomic mass is 19.4. The molecule has 1 atom stereocenters. The van der Waals surface area contributed by atoms with Crippen molar-refractivity contribution in [2.24, 2.45) is 5.92 Å². The van der Waals surface area contributed by atoms with Crippen LogP contribution in [0.25, 0.3) is 0 Å². The number of halogens is 3. The van der Waals surface area contributed by atoms with Gasteiger partial charge in [0, 0.05) is 37.8 Å². The van der Waals surface area contributed by atoms with E-state index in [0.717, 1.165) is 55.4 Å². The monoisotopic (exact) mass is 392 g/mol. The molecule has 0 saturated carbocycles. The Hall–Kier alpha value is -2.42. The highest BCUT2D eigenvalue weighted by Gasteiger charge is 2.32. The zero-order chi connectivity index (χ0) is 19.6. The van der Waals surface area contributed by atoms with E-state index in [-0.39, 0.29) is 0 Å². The lowest BCUT2D eigenvalue weighted by atomic mass is 10.0. The van der Waals surface area contributed by atoms with E-state index in [1.54, 1.807) is 6.33 Å². The molecular formula is C19H23F3N6. The van der Waals surface area contributed by atoms with Gasteiger partial charge in [-0.2, -0.15) is 13.2 Å². The molecule has 0 radical (unpaired) electrons. The third kappa shape index (κ3) is 4.19. The molecule has 1 fully saturated rings. The van der Waals surface area contributed by atoms with Crippen LogP contribution in [0, 0.1) is 5.92 Å². The van der Waals surface area contributed by atoms with Gasteiger partial charge in [0.1, 0.15) is 12.1 Å². The number of fused-ring (bicyclic) bond motifs is 1. The Kier molecular flexibility index (Phi) is 5.34. The molecule has 2 N–H and O–H groups in total. The first-order valence-corrected chi connectivity index (χ1v) is 9.55. The normalized spacial score (nSPS) is 19.5. The molecule has 150 valence electrons. The molecule has 2 aliphatic rings. The van der Waals surface area contributed by atoms with Crippen LogP contribution in [0.3, 0.4) is 0 Å². The van der Waals surface area contributed by atoms with Gasteiger partial charge in [-0.25, -0.2) is 9.97 Å². The third-order valence-corrected chi connectivity index (χ3v) is 5.43. The fourth-order valence-electron chi connectivity index (χ4n) is 3.83. The first-order valence-electron chi connectivity index (χ1n) is 9.55. The number of aromatic nitrogens is 3. The molecule has 2 aromatic heterocycles. The fraction of sp³-hybridized carbons (Fsp3) is 0.526. The van der Waals surface area contributed by atoms with Gasteiger partial charge in [-0.15, -0.1) is 0 Å². The molecule has 0 amide bonds. The van der Waals surface area contributed by atoms with Crippen molar-refractivity contribution >= 4 is 11.5 Å². The van der Waals surface area contributed by atoms with Crippen molar-refractivity contribution in [2.45, 2.75) is 32.0 Å². The summed E-state index contributed by atoms with van der Waals surface area (Å²) in [6.45, 7) is 4.01. The molecule has 0 aromatic carbocycles. The van der Waals surface area contributed by atoms with Gasteiger partial charge in [0.05, 0.1) is 23.1 Å². The molecule has 1 unspecified atom stereocenters. The predicted molar refractivity (Wildman–Crippen MR) is 100 cm³/mol. The van der Waals surface area contributed by atoms with E-state index in [2.05, 4.69) is 25.6 Å². The van der Waals surface area contributed by atoms with Crippen LogP contribution in [0.4, 0.5) is 24.7 Å². The highest BCUT2D eigenvalue weighted by Crippen LogP contribution is 2.33. The Labute approximate surface area is 161 Å². The minimum absolute atomic E-state index is 0.465. The lowest BCUT2D eigenvalue weighted by Crippen LogP contribution is -2.32. The smallest absolute Gasteiger partial charge is 0.370 e. The predicted octanol–water partition coefficient (Wildman–Crippen LogP) is 2.86. The molecular weight excluding hydrogens is 369 g/mol. The van der Waals surface area contributed by atoms with Gasteiger partial charge in [0.2, 0.25) is 0 Å². The van der Waals surface area contributed by atoms with Crippen molar-refractivity contribution in [1.29, 1.82) is 0 Å². The average Bonchev–Trinajstić information content (AvgIpc) is 3.21. The molecule has 28 heavy (non-hydrogen) atoms. The van der Waals surface area contributed by atoms with E-state index in [1.165, 1.54) is 12.6 Å². The van der Waals surface area contributed by atoms with Crippen LogP contribution in [0.15, 0.2) is 24.8 Å². The van der Waals surface area contributed by atoms with Crippen molar-refractivity contribution in [3.63, 3.8) is 0 Å². The zero-order valence-electron chi connectivity index (χ0n) is 15.5. The van der Waals surface area contributed by atoms with Crippen LogP contribution in [0.2, 0.25) is 0 Å². The van der Waals surface area contributed by atoms with Gasteiger partial charge in [0.15, 0.2) is 0 Å². The summed E-state index contributed by atoms with van der Waals surface area (Å²) in [6, 6.07) is 1.15. The van der Waals surface area contributed by atoms with E-state index in [0.29, 0.717) is 31.1 Å². The number of hydrogen-bond donors (Lipinski definition) is 2. The Bertz CT molecular complexity index is 820. The molecule has 0 bridgehead atoms. The van der Waals surface area contributed by atoms with Crippen LogP contribution in [-0.2, 0) is 19.1 Å². The molecule has 4 rings (SSSR count). The lowest BCUT2D eigenvalue weighted by Gasteiger charge is -2.31. The first-order chi connectivity index (χ1) is 13.5. The Morgan fingerprint density at radius 1 is 1.25 bits per heavy atom. The summed E-state index contributed by atoms with van der Waals surface area (Å²) in [5.74, 6) is 1.46. The Morgan fingerprint density at radius 3 is 2.93 bits per heavy atom. The van der Waals surface area contributed by atoms with Gasteiger partial charge >= 0.3 is 6.18 Å². The average molecular weight is 392 g/mol. The SMILES string of the molecule is FC(F)(F)c1cncc(N2CCc3ncnc(NCCC4CCNC4)c3C2)c1. The molecule has 2 aromatic rings. The van der Waals surface area contributed by atoms with Gasteiger partial charge in [0.25, 0.3) is 0 Å². The van der Waals surface area contributed by atoms with E-state index in [1.807, 2.05) is 4.90 Å². The molecule has 4 heterocycles. The number of nitrogens with zero attached hydrogens (tertiary/aromatic N) is 4. The molecule has 2 aliphatic heterocycles. The number of pyridine rings is 1. The van der Waals surface area contributed by atoms with Crippen LogP contribution < -0.4 is 15.5 Å². The van der Waals surface area contributed by atoms with E-state index >= 15 is 0 Å². The highest BCUT2D eigenvalue weighted by molar-refractivity contribution is 5.54. The minimum atomic E-state index is -4.40. The zero-order valence-corrected chi connectivity index (χ0v) is 15.5. The van der Waals surface area contributed by atoms with E-state index < -0.39 is 11.7 Å². The van der Waals surface area contributed by atoms with Gasteiger partial charge in [-0.05, 0) is 37.9 Å². The van der Waals surface area contributed by atoms with Crippen molar-refractivity contribution in [2.75, 3.05) is 36.4 Å². The van der Waals surface area contributed by atoms with E-state index in [4.69, 9.17) is 0 Å². The summed E-state index contributed by atoms with van der Waals surface area (Å²) in [6.07, 6.45) is 2.41. The van der Waals surface area contributed by atoms with Crippen molar-refractivity contribution in [3.8, 4) is 0 Å². The summed E-state index contributed by atoms with van der Waals surface area (Å²) in [5.41, 5.74) is 1.64. The lowest BCUT2D eigenvalue weighted by molar-refractivity contribution is -0.137. The maximum Gasteiger partial charge on any atom is 0.417 e. The number of nitrogens with one attached hydrogen (secondary N) is 2. The summed E-state index contributed by atoms with van der Waals surface area (Å²) in [4.78, 5) is 14.4. The van der Waals surface area contributed by atoms with Crippen molar-refractivity contribution in [1.82, 2.24) is 20.3 Å². The molecule has 0 spiro atoms. The number of rotatable bonds is 5. The van der Waals surface area contributed by atoms with Gasteiger partial charge < -0.3 is 15.5 Å². The molecule has 1 saturated heterocycles. The third-order valence-electron chi connectivity index (χ3n) is 5.43. The van der Waals surface area contributed by atoms with Crippen LogP contribution in [0.1, 0.15) is 29.7 Å². The minimum Gasteiger partial charge on any atom is -0.370 e. The summed E-state index contributed by atoms with van der Waals surface area (Å²) >= 11 is 0. The Morgan fingerprint density at radius 2 is 2.14 bits per heavy atom. The second-order valence-corrected chi connectivity index (χ2v) is 7.32. The number of alkyl halides is 3. The number of hydrogen-bond acceptors (Lipinski definition) is 6. The Balaban J connectivity index is 1.48. The standard InChI is InChI=1S/C19H23F3N6/c20-19(21,22)14-7-15(10-24-9-14)28-6-3-17-16(11-28)18(27-12-26-17)25-5-2-13-1-4-23-8-13/h7,9-10,12-13,23H,1-6,8,11H2,(H,25,26,27). The summed E-state index contributed by atoms with van der Waals surface area (Å²) < 4.78 is 39.0. The number of anilines is 2. The summed E-state index contributed by atoms with van der Waals surface area (Å²) in [5, 5.41) is 6.77. The largest absolute Gasteiger partial charge is 0.417 e. The second kappa shape index (κ2) is 7.90. The maximum atomic E-state index is 13.0. The first kappa shape index (κ1) is 18.9. The van der Waals surface area contributed by atoms with Crippen molar-refractivity contribution in [3.05, 3.63) is 41.6 Å². The topological polar surface area (TPSA) is 66.0 Å². The van der Waals surface area contributed by atoms with Crippen molar-refractivity contribution < 1.29 is 13.2 Å². The van der Waals surface area contributed by atoms with Crippen LogP contribution >= 0.6 is 0 Å². The van der Waals surface area contributed by atoms with Crippen LogP contribution in [0.5, 0.6) is 0 Å². The second-order valence-electron chi connectivity index (χ2n) is 7.32.